The summed E-state index contributed by atoms with van der Waals surface area (Å²) in [5.41, 5.74) is 0.484. The van der Waals surface area contributed by atoms with Crippen molar-refractivity contribution in [3.63, 3.8) is 0 Å². The molecule has 92 valence electrons. The van der Waals surface area contributed by atoms with Crippen LogP contribution in [-0.2, 0) is 0 Å². The van der Waals surface area contributed by atoms with Crippen LogP contribution >= 0.6 is 0 Å². The molecule has 0 amide bonds. The monoisotopic (exact) mass is 250 g/mol. The molecule has 0 spiro atoms. The standard InChI is InChI=1S/C15H10N2O2/c18-15(11-6-2-1-3-7-11)19-14-13-9-5-4-8-12(13)10-16-17-14/h1-10H. The molecule has 0 radical (unpaired) electrons. The topological polar surface area (TPSA) is 52.1 Å². The van der Waals surface area contributed by atoms with Crippen molar-refractivity contribution in [2.45, 2.75) is 0 Å². The Morgan fingerprint density at radius 3 is 2.53 bits per heavy atom. The first-order valence-corrected chi connectivity index (χ1v) is 5.82. The Morgan fingerprint density at radius 2 is 1.68 bits per heavy atom. The molecule has 0 saturated carbocycles. The number of ether oxygens (including phenoxy) is 1. The Morgan fingerprint density at radius 1 is 0.947 bits per heavy atom. The summed E-state index contributed by atoms with van der Waals surface area (Å²) in [4.78, 5) is 12.0. The van der Waals surface area contributed by atoms with Gasteiger partial charge in [0.05, 0.1) is 11.8 Å². The van der Waals surface area contributed by atoms with Crippen LogP contribution in [0.2, 0.25) is 0 Å². The van der Waals surface area contributed by atoms with Crippen molar-refractivity contribution in [2.24, 2.45) is 0 Å². The van der Waals surface area contributed by atoms with E-state index >= 15 is 0 Å². The van der Waals surface area contributed by atoms with E-state index in [1.165, 1.54) is 0 Å². The van der Waals surface area contributed by atoms with Crippen molar-refractivity contribution in [2.75, 3.05) is 0 Å². The number of carbonyl (C=O) groups excluding carboxylic acids is 1. The largest absolute Gasteiger partial charge is 0.402 e. The Hall–Kier alpha value is -2.75. The molecule has 0 aliphatic rings. The molecule has 0 fully saturated rings. The lowest BCUT2D eigenvalue weighted by Crippen LogP contribution is -2.09. The summed E-state index contributed by atoms with van der Waals surface area (Å²) in [7, 11) is 0. The quantitative estimate of drug-likeness (QED) is 0.656. The second kappa shape index (κ2) is 4.86. The molecule has 0 saturated heterocycles. The molecule has 4 heteroatoms. The van der Waals surface area contributed by atoms with Crippen LogP contribution in [0.4, 0.5) is 0 Å². The summed E-state index contributed by atoms with van der Waals surface area (Å²) in [6.45, 7) is 0. The molecule has 0 unspecified atom stereocenters. The third-order valence-electron chi connectivity index (χ3n) is 2.74. The maximum absolute atomic E-state index is 12.0. The van der Waals surface area contributed by atoms with E-state index in [9.17, 15) is 4.79 Å². The number of esters is 1. The number of hydrogen-bond acceptors (Lipinski definition) is 4. The summed E-state index contributed by atoms with van der Waals surface area (Å²) in [5, 5.41) is 9.36. The average Bonchev–Trinajstić information content (AvgIpc) is 2.48. The summed E-state index contributed by atoms with van der Waals surface area (Å²) in [6.07, 6.45) is 1.63. The van der Waals surface area contributed by atoms with E-state index in [1.54, 1.807) is 30.5 Å². The van der Waals surface area contributed by atoms with Crippen LogP contribution in [0.3, 0.4) is 0 Å². The molecule has 3 rings (SSSR count). The van der Waals surface area contributed by atoms with E-state index in [0.717, 1.165) is 10.8 Å². The summed E-state index contributed by atoms with van der Waals surface area (Å²) in [5.74, 6) is -0.210. The molecule has 0 aliphatic heterocycles. The Kier molecular flexibility index (Phi) is 2.90. The third kappa shape index (κ3) is 2.28. The van der Waals surface area contributed by atoms with Crippen molar-refractivity contribution < 1.29 is 9.53 Å². The van der Waals surface area contributed by atoms with Crippen molar-refractivity contribution in [3.05, 3.63) is 66.4 Å². The molecular formula is C15H10N2O2. The van der Waals surface area contributed by atoms with Gasteiger partial charge in [-0.3, -0.25) is 0 Å². The molecule has 3 aromatic rings. The first-order chi connectivity index (χ1) is 9.34. The van der Waals surface area contributed by atoms with Crippen molar-refractivity contribution in [1.82, 2.24) is 10.2 Å². The van der Waals surface area contributed by atoms with Crippen molar-refractivity contribution in [3.8, 4) is 5.88 Å². The fourth-order valence-corrected chi connectivity index (χ4v) is 1.80. The van der Waals surface area contributed by atoms with Gasteiger partial charge in [-0.05, 0) is 18.2 Å². The van der Waals surface area contributed by atoms with Gasteiger partial charge in [-0.15, -0.1) is 5.10 Å². The number of rotatable bonds is 2. The van der Waals surface area contributed by atoms with E-state index in [-0.39, 0.29) is 5.88 Å². The Labute approximate surface area is 109 Å². The van der Waals surface area contributed by atoms with Gasteiger partial charge in [0.25, 0.3) is 0 Å². The zero-order valence-electron chi connectivity index (χ0n) is 9.98. The minimum Gasteiger partial charge on any atom is -0.402 e. The van der Waals surface area contributed by atoms with E-state index in [4.69, 9.17) is 4.74 Å². The van der Waals surface area contributed by atoms with Gasteiger partial charge in [-0.1, -0.05) is 36.4 Å². The highest BCUT2D eigenvalue weighted by molar-refractivity contribution is 5.94. The zero-order chi connectivity index (χ0) is 13.1. The maximum atomic E-state index is 12.0. The van der Waals surface area contributed by atoms with Crippen LogP contribution in [0, 0.1) is 0 Å². The number of fused-ring (bicyclic) bond motifs is 1. The van der Waals surface area contributed by atoms with Crippen LogP contribution in [0.25, 0.3) is 10.8 Å². The van der Waals surface area contributed by atoms with Crippen LogP contribution in [0.5, 0.6) is 5.88 Å². The molecular weight excluding hydrogens is 240 g/mol. The van der Waals surface area contributed by atoms with Crippen molar-refractivity contribution >= 4 is 16.7 Å². The van der Waals surface area contributed by atoms with Gasteiger partial charge >= 0.3 is 5.97 Å². The van der Waals surface area contributed by atoms with Gasteiger partial charge in [0.2, 0.25) is 5.88 Å². The van der Waals surface area contributed by atoms with Gasteiger partial charge in [-0.2, -0.15) is 5.10 Å². The van der Waals surface area contributed by atoms with Crippen molar-refractivity contribution in [1.29, 1.82) is 0 Å². The van der Waals surface area contributed by atoms with Crippen LogP contribution in [0.1, 0.15) is 10.4 Å². The molecule has 19 heavy (non-hydrogen) atoms. The van der Waals surface area contributed by atoms with Gasteiger partial charge in [0.15, 0.2) is 0 Å². The number of aromatic nitrogens is 2. The smallest absolute Gasteiger partial charge is 0.344 e. The molecule has 1 heterocycles. The van der Waals surface area contributed by atoms with Gasteiger partial charge < -0.3 is 4.74 Å². The first kappa shape index (κ1) is 11.3. The molecule has 0 atom stereocenters. The van der Waals surface area contributed by atoms with E-state index in [1.807, 2.05) is 30.3 Å². The summed E-state index contributed by atoms with van der Waals surface area (Å²) in [6, 6.07) is 16.3. The first-order valence-electron chi connectivity index (χ1n) is 5.82. The molecule has 4 nitrogen and oxygen atoms in total. The normalized spacial score (nSPS) is 10.3. The molecule has 0 bridgehead atoms. The minimum atomic E-state index is -0.439. The highest BCUT2D eigenvalue weighted by Gasteiger charge is 2.11. The average molecular weight is 250 g/mol. The second-order valence-electron chi connectivity index (χ2n) is 3.99. The van der Waals surface area contributed by atoms with Crippen LogP contribution in [0.15, 0.2) is 60.8 Å². The fraction of sp³-hybridized carbons (Fsp3) is 0. The summed E-state index contributed by atoms with van der Waals surface area (Å²) < 4.78 is 5.30. The van der Waals surface area contributed by atoms with E-state index in [0.29, 0.717) is 5.56 Å². The molecule has 1 aromatic heterocycles. The lowest BCUT2D eigenvalue weighted by Gasteiger charge is -2.05. The predicted molar refractivity (Wildman–Crippen MR) is 70.9 cm³/mol. The van der Waals surface area contributed by atoms with Crippen LogP contribution in [-0.4, -0.2) is 16.2 Å². The predicted octanol–water partition coefficient (Wildman–Crippen LogP) is 2.85. The number of benzene rings is 2. The highest BCUT2D eigenvalue weighted by Crippen LogP contribution is 2.22. The van der Waals surface area contributed by atoms with Gasteiger partial charge in [0, 0.05) is 10.8 Å². The van der Waals surface area contributed by atoms with E-state index in [2.05, 4.69) is 10.2 Å². The lowest BCUT2D eigenvalue weighted by molar-refractivity contribution is 0.0728. The molecule has 0 N–H and O–H groups in total. The number of carbonyl (C=O) groups is 1. The van der Waals surface area contributed by atoms with Crippen LogP contribution < -0.4 is 4.74 Å². The third-order valence-corrected chi connectivity index (χ3v) is 2.74. The Bertz CT molecular complexity index is 721. The second-order valence-corrected chi connectivity index (χ2v) is 3.99. The molecule has 2 aromatic carbocycles. The highest BCUT2D eigenvalue weighted by atomic mass is 16.5. The Balaban J connectivity index is 1.96. The zero-order valence-corrected chi connectivity index (χ0v) is 9.98. The number of hydrogen-bond donors (Lipinski definition) is 0. The maximum Gasteiger partial charge on any atom is 0.344 e. The molecule has 0 aliphatic carbocycles. The fourth-order valence-electron chi connectivity index (χ4n) is 1.80. The van der Waals surface area contributed by atoms with Gasteiger partial charge in [-0.25, -0.2) is 4.79 Å². The summed E-state index contributed by atoms with van der Waals surface area (Å²) >= 11 is 0. The van der Waals surface area contributed by atoms with Gasteiger partial charge in [0.1, 0.15) is 0 Å². The minimum absolute atomic E-state index is 0.229. The number of nitrogens with zero attached hydrogens (tertiary/aromatic N) is 2. The SMILES string of the molecule is O=C(Oc1nncc2ccccc12)c1ccccc1. The lowest BCUT2D eigenvalue weighted by atomic mass is 10.2. The van der Waals surface area contributed by atoms with E-state index < -0.39 is 5.97 Å².